The van der Waals surface area contributed by atoms with Gasteiger partial charge in [0.25, 0.3) is 0 Å². The van der Waals surface area contributed by atoms with Gasteiger partial charge < -0.3 is 5.11 Å². The van der Waals surface area contributed by atoms with Gasteiger partial charge in [0.15, 0.2) is 0 Å². The minimum Gasteiger partial charge on any atom is -0.389 e. The van der Waals surface area contributed by atoms with E-state index in [-0.39, 0.29) is 10.9 Å². The van der Waals surface area contributed by atoms with Crippen molar-refractivity contribution in [3.63, 3.8) is 0 Å². The lowest BCUT2D eigenvalue weighted by molar-refractivity contribution is 0.244. The maximum absolute atomic E-state index is 8.85. The van der Waals surface area contributed by atoms with Gasteiger partial charge in [0, 0.05) is 4.75 Å². The Bertz CT molecular complexity index is 111. The van der Waals surface area contributed by atoms with Gasteiger partial charge >= 0.3 is 0 Å². The molecule has 0 amide bonds. The molecule has 1 atom stereocenters. The molecule has 0 fully saturated rings. The van der Waals surface area contributed by atoms with Crippen LogP contribution in [-0.4, -0.2) is 16.0 Å². The summed E-state index contributed by atoms with van der Waals surface area (Å²) < 4.78 is 0.255. The van der Waals surface area contributed by atoms with Gasteiger partial charge in [-0.25, -0.2) is 0 Å². The zero-order chi connectivity index (χ0) is 8.20. The third kappa shape index (κ3) is 8.05. The van der Waals surface area contributed by atoms with Gasteiger partial charge in [-0.3, -0.25) is 0 Å². The summed E-state index contributed by atoms with van der Waals surface area (Å²) in [6.07, 6.45) is 1.46. The minimum atomic E-state index is -0.324. The molecular formula is C8H16OS. The molecule has 0 spiro atoms. The van der Waals surface area contributed by atoms with Crippen molar-refractivity contribution in [2.24, 2.45) is 0 Å². The summed E-state index contributed by atoms with van der Waals surface area (Å²) in [5.74, 6) is 0. The molecule has 0 aromatic rings. The second-order valence-corrected chi connectivity index (χ2v) is 5.03. The first-order valence-electron chi connectivity index (χ1n) is 3.44. The van der Waals surface area contributed by atoms with Crippen LogP contribution in [0, 0.1) is 0 Å². The fraction of sp³-hybridized carbons (Fsp3) is 0.750. The molecule has 0 aliphatic rings. The second kappa shape index (κ2) is 4.04. The Morgan fingerprint density at radius 3 is 2.20 bits per heavy atom. The lowest BCUT2D eigenvalue weighted by Crippen LogP contribution is -2.05. The molecule has 0 radical (unpaired) electrons. The number of aliphatic hydroxyl groups excluding tert-OH is 1. The predicted octanol–water partition coefficient (Wildman–Crippen LogP) is 2.41. The van der Waals surface area contributed by atoms with Crippen LogP contribution in [0.15, 0.2) is 11.5 Å². The van der Waals surface area contributed by atoms with Crippen LogP contribution in [0.4, 0.5) is 0 Å². The van der Waals surface area contributed by atoms with Crippen molar-refractivity contribution in [1.82, 2.24) is 0 Å². The molecule has 0 rings (SSSR count). The van der Waals surface area contributed by atoms with Crippen LogP contribution in [-0.2, 0) is 0 Å². The van der Waals surface area contributed by atoms with Crippen LogP contribution in [0.25, 0.3) is 0 Å². The van der Waals surface area contributed by atoms with Gasteiger partial charge in [0.2, 0.25) is 0 Å². The fourth-order valence-electron chi connectivity index (χ4n) is 0.357. The summed E-state index contributed by atoms with van der Waals surface area (Å²) in [5.41, 5.74) is 0. The molecule has 0 saturated carbocycles. The van der Waals surface area contributed by atoms with Gasteiger partial charge in [-0.15, -0.1) is 11.8 Å². The lowest BCUT2D eigenvalue weighted by Gasteiger charge is -2.13. The maximum atomic E-state index is 8.85. The Hall–Kier alpha value is 0.0500. The topological polar surface area (TPSA) is 20.2 Å². The molecular weight excluding hydrogens is 144 g/mol. The summed E-state index contributed by atoms with van der Waals surface area (Å²) in [4.78, 5) is 0. The molecule has 1 nitrogen and oxygen atoms in total. The Balaban J connectivity index is 3.54. The number of hydrogen-bond acceptors (Lipinski definition) is 2. The zero-order valence-electron chi connectivity index (χ0n) is 7.09. The molecule has 0 saturated heterocycles. The Kier molecular flexibility index (Phi) is 4.06. The van der Waals surface area contributed by atoms with Crippen LogP contribution in [0.5, 0.6) is 0 Å². The lowest BCUT2D eigenvalue weighted by atomic mass is 10.3. The van der Waals surface area contributed by atoms with Gasteiger partial charge in [0.1, 0.15) is 0 Å². The molecule has 0 aliphatic heterocycles. The van der Waals surface area contributed by atoms with E-state index in [0.717, 1.165) is 0 Å². The molecule has 2 heteroatoms. The average molecular weight is 160 g/mol. The van der Waals surface area contributed by atoms with Crippen LogP contribution in [0.3, 0.4) is 0 Å². The van der Waals surface area contributed by atoms with Crippen LogP contribution < -0.4 is 0 Å². The Morgan fingerprint density at radius 1 is 1.40 bits per heavy atom. The van der Waals surface area contributed by atoms with E-state index < -0.39 is 0 Å². The highest BCUT2D eigenvalue weighted by Crippen LogP contribution is 2.23. The molecule has 1 unspecified atom stereocenters. The first-order chi connectivity index (χ1) is 4.42. The fourth-order valence-corrected chi connectivity index (χ4v) is 1.07. The van der Waals surface area contributed by atoms with E-state index in [9.17, 15) is 0 Å². The summed E-state index contributed by atoms with van der Waals surface area (Å²) in [6, 6.07) is 0. The van der Waals surface area contributed by atoms with Crippen molar-refractivity contribution in [3.8, 4) is 0 Å². The van der Waals surface area contributed by atoms with Gasteiger partial charge in [-0.05, 0) is 12.3 Å². The molecule has 0 aromatic heterocycles. The average Bonchev–Trinajstić information content (AvgIpc) is 1.59. The van der Waals surface area contributed by atoms with Crippen LogP contribution >= 0.6 is 11.8 Å². The van der Waals surface area contributed by atoms with E-state index in [1.165, 1.54) is 0 Å². The quantitative estimate of drug-likeness (QED) is 0.669. The van der Waals surface area contributed by atoms with Crippen molar-refractivity contribution in [3.05, 3.63) is 11.5 Å². The van der Waals surface area contributed by atoms with E-state index in [4.69, 9.17) is 5.11 Å². The molecule has 0 bridgehead atoms. The van der Waals surface area contributed by atoms with E-state index in [2.05, 4.69) is 20.8 Å². The van der Waals surface area contributed by atoms with Gasteiger partial charge in [-0.1, -0.05) is 26.8 Å². The van der Waals surface area contributed by atoms with Crippen molar-refractivity contribution in [2.45, 2.75) is 38.5 Å². The molecule has 0 aliphatic carbocycles. The maximum Gasteiger partial charge on any atom is 0.0700 e. The third-order valence-corrected chi connectivity index (χ3v) is 1.78. The number of hydrogen-bond donors (Lipinski definition) is 1. The Labute approximate surface area is 67.5 Å². The normalized spacial score (nSPS) is 16.1. The predicted molar refractivity (Wildman–Crippen MR) is 48.2 cm³/mol. The van der Waals surface area contributed by atoms with Gasteiger partial charge in [0.05, 0.1) is 6.10 Å². The molecule has 0 heterocycles. The first kappa shape index (κ1) is 10.0. The first-order valence-corrected chi connectivity index (χ1v) is 4.32. The second-order valence-electron chi connectivity index (χ2n) is 3.30. The number of rotatable bonds is 2. The number of thioether (sulfide) groups is 1. The van der Waals surface area contributed by atoms with Crippen LogP contribution in [0.2, 0.25) is 0 Å². The molecule has 0 aromatic carbocycles. The van der Waals surface area contributed by atoms with Crippen molar-refractivity contribution < 1.29 is 5.11 Å². The van der Waals surface area contributed by atoms with E-state index >= 15 is 0 Å². The van der Waals surface area contributed by atoms with Crippen molar-refractivity contribution in [1.29, 1.82) is 0 Å². The highest BCUT2D eigenvalue weighted by Gasteiger charge is 2.06. The molecule has 60 valence electrons. The molecule has 10 heavy (non-hydrogen) atoms. The van der Waals surface area contributed by atoms with Crippen molar-refractivity contribution in [2.75, 3.05) is 0 Å². The highest BCUT2D eigenvalue weighted by molar-refractivity contribution is 8.03. The largest absolute Gasteiger partial charge is 0.389 e. The van der Waals surface area contributed by atoms with Crippen LogP contribution in [0.1, 0.15) is 27.7 Å². The zero-order valence-corrected chi connectivity index (χ0v) is 7.90. The summed E-state index contributed by atoms with van der Waals surface area (Å²) >= 11 is 1.72. The number of aliphatic hydroxyl groups is 1. The minimum absolute atomic E-state index is 0.255. The SMILES string of the molecule is CC(O)/C=C\SC(C)(C)C. The van der Waals surface area contributed by atoms with Gasteiger partial charge in [-0.2, -0.15) is 0 Å². The standard InChI is InChI=1S/C8H16OS/c1-7(9)5-6-10-8(2,3)4/h5-7,9H,1-4H3/b6-5-. The highest BCUT2D eigenvalue weighted by atomic mass is 32.2. The van der Waals surface area contributed by atoms with E-state index in [1.54, 1.807) is 24.8 Å². The molecule has 1 N–H and O–H groups in total. The Morgan fingerprint density at radius 2 is 1.90 bits per heavy atom. The summed E-state index contributed by atoms with van der Waals surface area (Å²) in [6.45, 7) is 8.18. The summed E-state index contributed by atoms with van der Waals surface area (Å²) in [7, 11) is 0. The smallest absolute Gasteiger partial charge is 0.0700 e. The monoisotopic (exact) mass is 160 g/mol. The van der Waals surface area contributed by atoms with Crippen molar-refractivity contribution >= 4 is 11.8 Å². The van der Waals surface area contributed by atoms with E-state index in [0.29, 0.717) is 0 Å². The third-order valence-electron chi connectivity index (χ3n) is 0.779. The van der Waals surface area contributed by atoms with E-state index in [1.807, 2.05) is 5.41 Å². The summed E-state index contributed by atoms with van der Waals surface area (Å²) in [5, 5.41) is 10.8.